The molecule has 1 saturated heterocycles. The van der Waals surface area contributed by atoms with Crippen LogP contribution < -0.4 is 5.32 Å². The van der Waals surface area contributed by atoms with Crippen molar-refractivity contribution < 1.29 is 4.74 Å². The lowest BCUT2D eigenvalue weighted by Gasteiger charge is -2.39. The summed E-state index contributed by atoms with van der Waals surface area (Å²) in [5, 5.41) is 4.17. The first-order valence-electron chi connectivity index (χ1n) is 10.00. The number of aromatic nitrogens is 2. The van der Waals surface area contributed by atoms with E-state index in [4.69, 9.17) is 21.3 Å². The number of nitrogens with zero attached hydrogens (tertiary/aromatic N) is 4. The molecule has 28 heavy (non-hydrogen) atoms. The smallest absolute Gasteiger partial charge is 0.194 e. The van der Waals surface area contributed by atoms with Crippen molar-refractivity contribution in [2.75, 3.05) is 32.8 Å². The first kappa shape index (κ1) is 20.7. The Labute approximate surface area is 172 Å². The molecular weight excluding hydrogens is 374 g/mol. The van der Waals surface area contributed by atoms with Crippen LogP contribution in [0.3, 0.4) is 0 Å². The molecule has 2 unspecified atom stereocenters. The van der Waals surface area contributed by atoms with Crippen molar-refractivity contribution in [2.24, 2.45) is 10.9 Å². The zero-order chi connectivity index (χ0) is 19.8. The molecule has 3 rings (SSSR count). The molecule has 152 valence electrons. The number of benzene rings is 1. The highest BCUT2D eigenvalue weighted by molar-refractivity contribution is 6.30. The van der Waals surface area contributed by atoms with Gasteiger partial charge in [0.05, 0.1) is 32.1 Å². The van der Waals surface area contributed by atoms with E-state index in [1.807, 2.05) is 36.8 Å². The van der Waals surface area contributed by atoms with Crippen molar-refractivity contribution in [3.05, 3.63) is 53.6 Å². The van der Waals surface area contributed by atoms with Gasteiger partial charge in [-0.1, -0.05) is 30.7 Å². The molecule has 1 aromatic carbocycles. The molecule has 1 aliphatic heterocycles. The summed E-state index contributed by atoms with van der Waals surface area (Å²) in [5.41, 5.74) is 1.12. The number of aliphatic imine (C=N–C) groups is 1. The fourth-order valence-electron chi connectivity index (χ4n) is 3.51. The Balaban J connectivity index is 1.52. The summed E-state index contributed by atoms with van der Waals surface area (Å²) in [6, 6.07) is 8.16. The molecule has 0 radical (unpaired) electrons. The van der Waals surface area contributed by atoms with Gasteiger partial charge < -0.3 is 19.5 Å². The molecule has 0 bridgehead atoms. The van der Waals surface area contributed by atoms with Crippen molar-refractivity contribution in [1.82, 2.24) is 19.8 Å². The van der Waals surface area contributed by atoms with E-state index < -0.39 is 0 Å². The molecule has 1 fully saturated rings. The molecule has 0 saturated carbocycles. The number of piperidine rings is 1. The van der Waals surface area contributed by atoms with E-state index >= 15 is 0 Å². The van der Waals surface area contributed by atoms with Gasteiger partial charge in [-0.25, -0.2) is 4.98 Å². The summed E-state index contributed by atoms with van der Waals surface area (Å²) >= 11 is 5.91. The van der Waals surface area contributed by atoms with E-state index in [0.717, 1.165) is 42.6 Å². The molecule has 2 atom stereocenters. The average Bonchev–Trinajstić information content (AvgIpc) is 3.23. The lowest BCUT2D eigenvalue weighted by atomic mass is 9.93. The molecule has 0 aliphatic carbocycles. The zero-order valence-corrected chi connectivity index (χ0v) is 17.5. The van der Waals surface area contributed by atoms with Gasteiger partial charge in [-0.15, -0.1) is 0 Å². The van der Waals surface area contributed by atoms with Crippen LogP contribution in [0.1, 0.15) is 31.9 Å². The Morgan fingerprint density at radius 2 is 2.18 bits per heavy atom. The Kier molecular flexibility index (Phi) is 7.74. The van der Waals surface area contributed by atoms with Gasteiger partial charge in [0.1, 0.15) is 0 Å². The molecule has 6 nitrogen and oxygen atoms in total. The van der Waals surface area contributed by atoms with Gasteiger partial charge >= 0.3 is 0 Å². The predicted octanol–water partition coefficient (Wildman–Crippen LogP) is 3.60. The van der Waals surface area contributed by atoms with Crippen LogP contribution in [0, 0.1) is 5.92 Å². The molecule has 0 spiro atoms. The van der Waals surface area contributed by atoms with Crippen LogP contribution in [0.15, 0.2) is 48.0 Å². The fraction of sp³-hybridized carbons (Fsp3) is 0.524. The third-order valence-corrected chi connectivity index (χ3v) is 5.39. The van der Waals surface area contributed by atoms with Gasteiger partial charge in [0.25, 0.3) is 0 Å². The number of likely N-dealkylation sites (tertiary alicyclic amines) is 1. The second-order valence-corrected chi connectivity index (χ2v) is 7.64. The Hall–Kier alpha value is -2.05. The maximum absolute atomic E-state index is 5.91. The first-order chi connectivity index (χ1) is 13.7. The van der Waals surface area contributed by atoms with Crippen LogP contribution in [0.4, 0.5) is 0 Å². The standard InChI is InChI=1S/C21H30ClN5O/c1-3-24-21(25-10-13-28-15-18-4-6-19(22)7-5-18)26-11-8-17(2)20(14-26)27-12-9-23-16-27/h4-7,9,12,16-17,20H,3,8,10-11,13-15H2,1-2H3,(H,24,25). The van der Waals surface area contributed by atoms with Crippen LogP contribution >= 0.6 is 11.6 Å². The number of nitrogens with one attached hydrogen (secondary N) is 1. The van der Waals surface area contributed by atoms with Crippen LogP contribution in [0.5, 0.6) is 0 Å². The molecule has 2 aromatic rings. The molecule has 7 heteroatoms. The van der Waals surface area contributed by atoms with Gasteiger partial charge in [-0.05, 0) is 37.0 Å². The van der Waals surface area contributed by atoms with Gasteiger partial charge in [0, 0.05) is 37.1 Å². The van der Waals surface area contributed by atoms with Gasteiger partial charge in [-0.2, -0.15) is 0 Å². The Bertz CT molecular complexity index is 732. The Morgan fingerprint density at radius 3 is 2.89 bits per heavy atom. The summed E-state index contributed by atoms with van der Waals surface area (Å²) in [4.78, 5) is 11.4. The summed E-state index contributed by atoms with van der Waals surface area (Å²) < 4.78 is 7.98. The van der Waals surface area contributed by atoms with Crippen molar-refractivity contribution in [3.63, 3.8) is 0 Å². The van der Waals surface area contributed by atoms with Crippen molar-refractivity contribution >= 4 is 17.6 Å². The maximum Gasteiger partial charge on any atom is 0.194 e. The predicted molar refractivity (Wildman–Crippen MR) is 114 cm³/mol. The summed E-state index contributed by atoms with van der Waals surface area (Å²) in [6.45, 7) is 9.03. The van der Waals surface area contributed by atoms with E-state index in [1.54, 1.807) is 0 Å². The molecule has 1 aliphatic rings. The van der Waals surface area contributed by atoms with E-state index in [2.05, 4.69) is 39.8 Å². The van der Waals surface area contributed by atoms with Crippen molar-refractivity contribution in [1.29, 1.82) is 0 Å². The highest BCUT2D eigenvalue weighted by Gasteiger charge is 2.28. The van der Waals surface area contributed by atoms with Gasteiger partial charge in [0.2, 0.25) is 0 Å². The van der Waals surface area contributed by atoms with Crippen LogP contribution in [0.25, 0.3) is 0 Å². The number of guanidine groups is 1. The van der Waals surface area contributed by atoms with Gasteiger partial charge in [0.15, 0.2) is 5.96 Å². The second kappa shape index (κ2) is 10.5. The summed E-state index contributed by atoms with van der Waals surface area (Å²) in [5.74, 6) is 1.59. The Morgan fingerprint density at radius 1 is 1.36 bits per heavy atom. The number of rotatable bonds is 7. The molecule has 0 amide bonds. The molecule has 1 N–H and O–H groups in total. The summed E-state index contributed by atoms with van der Waals surface area (Å²) in [6.07, 6.45) is 6.96. The minimum Gasteiger partial charge on any atom is -0.375 e. The quantitative estimate of drug-likeness (QED) is 0.436. The van der Waals surface area contributed by atoms with Crippen LogP contribution in [-0.2, 0) is 11.3 Å². The number of ether oxygens (including phenoxy) is 1. The normalized spacial score (nSPS) is 20.4. The average molecular weight is 404 g/mol. The monoisotopic (exact) mass is 403 g/mol. The molecular formula is C21H30ClN5O. The second-order valence-electron chi connectivity index (χ2n) is 7.20. The summed E-state index contributed by atoms with van der Waals surface area (Å²) in [7, 11) is 0. The van der Waals surface area contributed by atoms with E-state index in [1.165, 1.54) is 0 Å². The van der Waals surface area contributed by atoms with E-state index in [9.17, 15) is 0 Å². The van der Waals surface area contributed by atoms with Crippen molar-refractivity contribution in [3.8, 4) is 0 Å². The first-order valence-corrected chi connectivity index (χ1v) is 10.4. The molecule has 1 aromatic heterocycles. The minimum atomic E-state index is 0.418. The van der Waals surface area contributed by atoms with Crippen LogP contribution in [-0.4, -0.2) is 53.2 Å². The maximum atomic E-state index is 5.91. The SMILES string of the molecule is CCNC(=NCCOCc1ccc(Cl)cc1)N1CCC(C)C(n2ccnc2)C1. The number of halogens is 1. The lowest BCUT2D eigenvalue weighted by molar-refractivity contribution is 0.128. The van der Waals surface area contributed by atoms with Gasteiger partial charge in [-0.3, -0.25) is 4.99 Å². The minimum absolute atomic E-state index is 0.418. The van der Waals surface area contributed by atoms with E-state index in [-0.39, 0.29) is 0 Å². The van der Waals surface area contributed by atoms with Crippen LogP contribution in [0.2, 0.25) is 5.02 Å². The van der Waals surface area contributed by atoms with Crippen molar-refractivity contribution in [2.45, 2.75) is 32.9 Å². The highest BCUT2D eigenvalue weighted by atomic mass is 35.5. The fourth-order valence-corrected chi connectivity index (χ4v) is 3.63. The highest BCUT2D eigenvalue weighted by Crippen LogP contribution is 2.27. The topological polar surface area (TPSA) is 54.7 Å². The number of imidazole rings is 1. The number of hydrogen-bond donors (Lipinski definition) is 1. The third-order valence-electron chi connectivity index (χ3n) is 5.14. The number of hydrogen-bond acceptors (Lipinski definition) is 3. The van der Waals surface area contributed by atoms with E-state index in [0.29, 0.717) is 31.7 Å². The molecule has 2 heterocycles. The lowest BCUT2D eigenvalue weighted by Crippen LogP contribution is -2.49. The third kappa shape index (κ3) is 5.72. The largest absolute Gasteiger partial charge is 0.375 e. The zero-order valence-electron chi connectivity index (χ0n) is 16.7.